The monoisotopic (exact) mass is 317 g/mol. The molecule has 0 amide bonds. The number of nitrogens with one attached hydrogen (secondary N) is 1. The van der Waals surface area contributed by atoms with Crippen molar-refractivity contribution in [3.05, 3.63) is 41.7 Å². The van der Waals surface area contributed by atoms with E-state index in [1.165, 1.54) is 7.11 Å². The molecule has 23 heavy (non-hydrogen) atoms. The molecule has 0 fully saturated rings. The van der Waals surface area contributed by atoms with E-state index in [1.807, 2.05) is 12.1 Å². The van der Waals surface area contributed by atoms with Crippen LogP contribution in [0.2, 0.25) is 0 Å². The number of aromatic nitrogens is 3. The molecule has 8 heteroatoms. The highest BCUT2D eigenvalue weighted by Gasteiger charge is 2.13. The molecule has 0 aliphatic rings. The first-order valence-corrected chi connectivity index (χ1v) is 6.84. The number of aromatic amines is 1. The topological polar surface area (TPSA) is 99.5 Å². The number of H-pyrrole nitrogens is 1. The van der Waals surface area contributed by atoms with Gasteiger partial charge in [-0.2, -0.15) is 4.98 Å². The minimum absolute atomic E-state index is 0.120. The van der Waals surface area contributed by atoms with Crippen LogP contribution in [0.3, 0.4) is 0 Å². The molecule has 0 saturated carbocycles. The van der Waals surface area contributed by atoms with E-state index in [4.69, 9.17) is 18.7 Å². The molecule has 0 spiro atoms. The molecular formula is C15H15N3O5. The van der Waals surface area contributed by atoms with E-state index in [9.17, 15) is 4.79 Å². The second kappa shape index (κ2) is 6.49. The summed E-state index contributed by atoms with van der Waals surface area (Å²) in [7, 11) is 2.89. The zero-order valence-electron chi connectivity index (χ0n) is 12.7. The Kier molecular flexibility index (Phi) is 4.24. The second-order valence-corrected chi connectivity index (χ2v) is 4.72. The van der Waals surface area contributed by atoms with Gasteiger partial charge in [0, 0.05) is 18.0 Å². The van der Waals surface area contributed by atoms with Gasteiger partial charge < -0.3 is 23.7 Å². The third-order valence-corrected chi connectivity index (χ3v) is 3.16. The lowest BCUT2D eigenvalue weighted by Gasteiger charge is -2.04. The van der Waals surface area contributed by atoms with Crippen LogP contribution >= 0.6 is 0 Å². The fraction of sp³-hybridized carbons (Fsp3) is 0.267. The van der Waals surface area contributed by atoms with Gasteiger partial charge >= 0.3 is 5.97 Å². The van der Waals surface area contributed by atoms with E-state index < -0.39 is 5.97 Å². The number of carbonyl (C=O) groups is 1. The molecule has 1 N–H and O–H groups in total. The third-order valence-electron chi connectivity index (χ3n) is 3.16. The zero-order valence-corrected chi connectivity index (χ0v) is 12.7. The summed E-state index contributed by atoms with van der Waals surface area (Å²) in [4.78, 5) is 18.7. The van der Waals surface area contributed by atoms with Crippen LogP contribution in [0.15, 0.2) is 28.8 Å². The van der Waals surface area contributed by atoms with Crippen LogP contribution in [0.25, 0.3) is 10.9 Å². The van der Waals surface area contributed by atoms with Crippen molar-refractivity contribution in [2.24, 2.45) is 0 Å². The molecule has 3 rings (SSSR count). The maximum absolute atomic E-state index is 11.6. The Bertz CT molecular complexity index is 823. The van der Waals surface area contributed by atoms with Crippen molar-refractivity contribution in [1.82, 2.24) is 15.1 Å². The summed E-state index contributed by atoms with van der Waals surface area (Å²) in [5.41, 5.74) is 1.13. The third kappa shape index (κ3) is 3.16. The van der Waals surface area contributed by atoms with Crippen molar-refractivity contribution in [2.75, 3.05) is 14.2 Å². The lowest BCUT2D eigenvalue weighted by molar-refractivity contribution is 0.0595. The highest BCUT2D eigenvalue weighted by Crippen LogP contribution is 2.27. The number of hydrogen-bond donors (Lipinski definition) is 1. The normalized spacial score (nSPS) is 10.9. The molecule has 0 atom stereocenters. The predicted octanol–water partition coefficient (Wildman–Crippen LogP) is 2.06. The van der Waals surface area contributed by atoms with Crippen LogP contribution in [0.5, 0.6) is 5.75 Å². The van der Waals surface area contributed by atoms with Gasteiger partial charge in [0.15, 0.2) is 12.4 Å². The SMILES string of the molecule is COCc1noc(COc2cccc3[nH]c(C(=O)OC)cc23)n1. The molecule has 8 nitrogen and oxygen atoms in total. The summed E-state index contributed by atoms with van der Waals surface area (Å²) in [6.45, 7) is 0.397. The average Bonchev–Trinajstić information content (AvgIpc) is 3.19. The molecule has 2 heterocycles. The van der Waals surface area contributed by atoms with Gasteiger partial charge in [0.25, 0.3) is 5.89 Å². The smallest absolute Gasteiger partial charge is 0.354 e. The fourth-order valence-corrected chi connectivity index (χ4v) is 2.15. The Morgan fingerprint density at radius 1 is 1.30 bits per heavy atom. The molecule has 0 saturated heterocycles. The molecule has 2 aromatic heterocycles. The van der Waals surface area contributed by atoms with Crippen LogP contribution in [-0.4, -0.2) is 35.3 Å². The second-order valence-electron chi connectivity index (χ2n) is 4.72. The number of fused-ring (bicyclic) bond motifs is 1. The van der Waals surface area contributed by atoms with Crippen molar-refractivity contribution in [2.45, 2.75) is 13.2 Å². The highest BCUT2D eigenvalue weighted by atomic mass is 16.5. The number of hydrogen-bond acceptors (Lipinski definition) is 7. The molecule has 1 aromatic carbocycles. The number of benzene rings is 1. The van der Waals surface area contributed by atoms with E-state index in [1.54, 1.807) is 19.2 Å². The zero-order chi connectivity index (χ0) is 16.2. The lowest BCUT2D eigenvalue weighted by atomic mass is 10.2. The summed E-state index contributed by atoms with van der Waals surface area (Å²) in [5, 5.41) is 4.53. The first-order valence-electron chi connectivity index (χ1n) is 6.84. The molecule has 3 aromatic rings. The lowest BCUT2D eigenvalue weighted by Crippen LogP contribution is -2.00. The maximum atomic E-state index is 11.6. The van der Waals surface area contributed by atoms with Crippen molar-refractivity contribution in [3.8, 4) is 5.75 Å². The largest absolute Gasteiger partial charge is 0.483 e. The Hall–Kier alpha value is -2.87. The maximum Gasteiger partial charge on any atom is 0.354 e. The number of carbonyl (C=O) groups excluding carboxylic acids is 1. The number of nitrogens with zero attached hydrogens (tertiary/aromatic N) is 2. The van der Waals surface area contributed by atoms with Gasteiger partial charge in [0.05, 0.1) is 7.11 Å². The van der Waals surface area contributed by atoms with Gasteiger partial charge in [-0.1, -0.05) is 11.2 Å². The first-order chi connectivity index (χ1) is 11.2. The summed E-state index contributed by atoms with van der Waals surface area (Å²) in [6.07, 6.45) is 0. The fourth-order valence-electron chi connectivity index (χ4n) is 2.15. The minimum Gasteiger partial charge on any atom is -0.483 e. The Labute approximate surface area is 131 Å². The van der Waals surface area contributed by atoms with Crippen LogP contribution in [0.1, 0.15) is 22.2 Å². The predicted molar refractivity (Wildman–Crippen MR) is 79.0 cm³/mol. The van der Waals surface area contributed by atoms with Crippen molar-refractivity contribution >= 4 is 16.9 Å². The number of rotatable bonds is 6. The van der Waals surface area contributed by atoms with Crippen molar-refractivity contribution < 1.29 is 23.5 Å². The van der Waals surface area contributed by atoms with Crippen LogP contribution in [0.4, 0.5) is 0 Å². The summed E-state index contributed by atoms with van der Waals surface area (Å²) in [6, 6.07) is 7.14. The standard InChI is InChI=1S/C15H15N3O5/c1-20-7-13-17-14(23-18-13)8-22-12-5-3-4-10-9(12)6-11(16-10)15(19)21-2/h3-6,16H,7-8H2,1-2H3. The van der Waals surface area contributed by atoms with Gasteiger partial charge in [-0.25, -0.2) is 4.79 Å². The Morgan fingerprint density at radius 2 is 2.17 bits per heavy atom. The van der Waals surface area contributed by atoms with E-state index in [0.717, 1.165) is 10.9 Å². The van der Waals surface area contributed by atoms with E-state index in [0.29, 0.717) is 23.2 Å². The molecular weight excluding hydrogens is 302 g/mol. The first kappa shape index (κ1) is 15.0. The summed E-state index contributed by atoms with van der Waals surface area (Å²) >= 11 is 0. The molecule has 0 unspecified atom stereocenters. The molecule has 0 aliphatic heterocycles. The number of ether oxygens (including phenoxy) is 3. The van der Waals surface area contributed by atoms with Gasteiger partial charge in [-0.05, 0) is 18.2 Å². The summed E-state index contributed by atoms with van der Waals surface area (Å²) in [5.74, 6) is 0.963. The molecule has 120 valence electrons. The molecule has 0 bridgehead atoms. The average molecular weight is 317 g/mol. The number of methoxy groups -OCH3 is 2. The van der Waals surface area contributed by atoms with Gasteiger partial charge in [-0.3, -0.25) is 0 Å². The Balaban J connectivity index is 1.79. The minimum atomic E-state index is -0.437. The quantitative estimate of drug-likeness (QED) is 0.695. The highest BCUT2D eigenvalue weighted by molar-refractivity contribution is 5.96. The number of esters is 1. The van der Waals surface area contributed by atoms with Crippen LogP contribution in [0, 0.1) is 0 Å². The Morgan fingerprint density at radius 3 is 2.96 bits per heavy atom. The van der Waals surface area contributed by atoms with Crippen LogP contribution in [-0.2, 0) is 22.7 Å². The van der Waals surface area contributed by atoms with Gasteiger partial charge in [-0.15, -0.1) is 0 Å². The van der Waals surface area contributed by atoms with Crippen LogP contribution < -0.4 is 4.74 Å². The molecule has 0 aliphatic carbocycles. The molecule has 0 radical (unpaired) electrons. The van der Waals surface area contributed by atoms with Crippen molar-refractivity contribution in [1.29, 1.82) is 0 Å². The van der Waals surface area contributed by atoms with Gasteiger partial charge in [0.1, 0.15) is 18.1 Å². The van der Waals surface area contributed by atoms with Crippen molar-refractivity contribution in [3.63, 3.8) is 0 Å². The van der Waals surface area contributed by atoms with E-state index in [2.05, 4.69) is 15.1 Å². The van der Waals surface area contributed by atoms with E-state index in [-0.39, 0.29) is 13.2 Å². The van der Waals surface area contributed by atoms with Gasteiger partial charge in [0.2, 0.25) is 0 Å². The van der Waals surface area contributed by atoms with E-state index >= 15 is 0 Å². The summed E-state index contributed by atoms with van der Waals surface area (Å²) < 4.78 is 20.4.